The number of hydrogen-bond acceptors (Lipinski definition) is 4. The molecule has 1 heterocycles. The van der Waals surface area contributed by atoms with Crippen LogP contribution in [-0.2, 0) is 17.8 Å². The lowest BCUT2D eigenvalue weighted by atomic mass is 10.1. The number of nitrogens with zero attached hydrogens (tertiary/aromatic N) is 3. The number of aryl methyl sites for hydroxylation is 2. The highest BCUT2D eigenvalue weighted by molar-refractivity contribution is 5.77. The number of benzene rings is 2. The zero-order valence-electron chi connectivity index (χ0n) is 14.8. The Morgan fingerprint density at radius 3 is 2.65 bits per heavy atom. The molecule has 2 aromatic carbocycles. The van der Waals surface area contributed by atoms with Gasteiger partial charge in [-0.05, 0) is 37.5 Å². The monoisotopic (exact) mass is 350 g/mol. The van der Waals surface area contributed by atoms with Crippen molar-refractivity contribution in [3.63, 3.8) is 0 Å². The van der Waals surface area contributed by atoms with Gasteiger partial charge in [0.25, 0.3) is 5.56 Å². The molecule has 0 aliphatic rings. The molecule has 3 rings (SSSR count). The lowest BCUT2D eigenvalue weighted by Gasteiger charge is -2.14. The second kappa shape index (κ2) is 8.38. The van der Waals surface area contributed by atoms with Crippen LogP contribution in [0.3, 0.4) is 0 Å². The van der Waals surface area contributed by atoms with E-state index in [-0.39, 0.29) is 30.5 Å². The second-order valence-corrected chi connectivity index (χ2v) is 6.38. The number of nitrogens with one attached hydrogen (secondary N) is 1. The van der Waals surface area contributed by atoms with Gasteiger partial charge in [0, 0.05) is 12.5 Å². The molecule has 26 heavy (non-hydrogen) atoms. The van der Waals surface area contributed by atoms with Crippen molar-refractivity contribution in [3.05, 3.63) is 70.5 Å². The third-order valence-corrected chi connectivity index (χ3v) is 4.30. The summed E-state index contributed by atoms with van der Waals surface area (Å²) in [6, 6.07) is 17.3. The summed E-state index contributed by atoms with van der Waals surface area (Å²) in [6.45, 7) is 2.21. The summed E-state index contributed by atoms with van der Waals surface area (Å²) in [5.41, 5.74) is 1.60. The van der Waals surface area contributed by atoms with Gasteiger partial charge in [0.05, 0.1) is 11.9 Å². The fourth-order valence-corrected chi connectivity index (χ4v) is 2.82. The van der Waals surface area contributed by atoms with Crippen LogP contribution in [0, 0.1) is 0 Å². The molecule has 0 aliphatic carbocycles. The number of fused-ring (bicyclic) bond motifs is 1. The summed E-state index contributed by atoms with van der Waals surface area (Å²) in [7, 11) is 0. The Labute approximate surface area is 151 Å². The van der Waals surface area contributed by atoms with Crippen molar-refractivity contribution < 1.29 is 4.79 Å². The highest BCUT2D eigenvalue weighted by Gasteiger charge is 2.10. The van der Waals surface area contributed by atoms with Crippen LogP contribution in [0.4, 0.5) is 0 Å². The largest absolute Gasteiger partial charge is 0.354 e. The molecule has 0 spiro atoms. The van der Waals surface area contributed by atoms with Crippen molar-refractivity contribution in [2.24, 2.45) is 0 Å². The Morgan fingerprint density at radius 1 is 1.12 bits per heavy atom. The minimum absolute atomic E-state index is 0.0714. The number of amides is 1. The molecule has 0 bridgehead atoms. The predicted octanol–water partition coefficient (Wildman–Crippen LogP) is 2.32. The number of carbonyl (C=O) groups is 1. The molecule has 1 aromatic heterocycles. The Kier molecular flexibility index (Phi) is 5.73. The fraction of sp³-hybridized carbons (Fsp3) is 0.300. The first-order valence-electron chi connectivity index (χ1n) is 8.79. The van der Waals surface area contributed by atoms with Crippen LogP contribution >= 0.6 is 0 Å². The number of aromatic nitrogens is 3. The summed E-state index contributed by atoms with van der Waals surface area (Å²) in [6.07, 6.45) is 1.98. The third kappa shape index (κ3) is 4.53. The van der Waals surface area contributed by atoms with E-state index < -0.39 is 0 Å². The lowest BCUT2D eigenvalue weighted by molar-refractivity contribution is -0.122. The average molecular weight is 350 g/mol. The van der Waals surface area contributed by atoms with Gasteiger partial charge >= 0.3 is 0 Å². The zero-order chi connectivity index (χ0) is 18.4. The van der Waals surface area contributed by atoms with Crippen molar-refractivity contribution in [1.82, 2.24) is 20.3 Å². The maximum atomic E-state index is 12.4. The van der Waals surface area contributed by atoms with Gasteiger partial charge in [-0.3, -0.25) is 9.59 Å². The standard InChI is InChI=1S/C20H22N4O2/c1-15(11-12-16-7-3-2-4-8-16)21-19(25)13-14-24-20(26)17-9-5-6-10-18(17)22-23-24/h2-10,15H,11-14H2,1H3,(H,21,25)/t15-/m1/s1. The van der Waals surface area contributed by atoms with Gasteiger partial charge in [0.15, 0.2) is 0 Å². The lowest BCUT2D eigenvalue weighted by Crippen LogP contribution is -2.34. The molecule has 1 N–H and O–H groups in total. The van der Waals surface area contributed by atoms with E-state index in [1.54, 1.807) is 18.2 Å². The molecule has 0 saturated heterocycles. The molecular weight excluding hydrogens is 328 g/mol. The Balaban J connectivity index is 1.51. The van der Waals surface area contributed by atoms with E-state index in [1.807, 2.05) is 31.2 Å². The summed E-state index contributed by atoms with van der Waals surface area (Å²) in [5, 5.41) is 11.4. The third-order valence-electron chi connectivity index (χ3n) is 4.30. The van der Waals surface area contributed by atoms with Gasteiger partial charge in [0.2, 0.25) is 5.91 Å². The number of carbonyl (C=O) groups excluding carboxylic acids is 1. The van der Waals surface area contributed by atoms with Crippen LogP contribution in [0.2, 0.25) is 0 Å². The zero-order valence-corrected chi connectivity index (χ0v) is 14.8. The van der Waals surface area contributed by atoms with Gasteiger partial charge in [0.1, 0.15) is 5.52 Å². The van der Waals surface area contributed by atoms with E-state index in [2.05, 4.69) is 27.8 Å². The van der Waals surface area contributed by atoms with Crippen LogP contribution in [0.5, 0.6) is 0 Å². The highest BCUT2D eigenvalue weighted by atomic mass is 16.2. The Hall–Kier alpha value is -3.02. The smallest absolute Gasteiger partial charge is 0.277 e. The molecule has 0 fully saturated rings. The van der Waals surface area contributed by atoms with Gasteiger partial charge in [-0.15, -0.1) is 5.10 Å². The topological polar surface area (TPSA) is 76.9 Å². The van der Waals surface area contributed by atoms with Crippen molar-refractivity contribution in [2.45, 2.75) is 38.8 Å². The molecule has 0 radical (unpaired) electrons. The molecule has 6 nitrogen and oxygen atoms in total. The Morgan fingerprint density at radius 2 is 1.85 bits per heavy atom. The molecule has 134 valence electrons. The van der Waals surface area contributed by atoms with E-state index >= 15 is 0 Å². The molecular formula is C20H22N4O2. The quantitative estimate of drug-likeness (QED) is 0.709. The molecule has 0 unspecified atom stereocenters. The predicted molar refractivity (Wildman–Crippen MR) is 101 cm³/mol. The van der Waals surface area contributed by atoms with E-state index in [4.69, 9.17) is 0 Å². The molecule has 0 aliphatic heterocycles. The average Bonchev–Trinajstić information content (AvgIpc) is 2.67. The van der Waals surface area contributed by atoms with Crippen molar-refractivity contribution >= 4 is 16.8 Å². The summed E-state index contributed by atoms with van der Waals surface area (Å²) in [5.74, 6) is -0.0904. The van der Waals surface area contributed by atoms with Crippen molar-refractivity contribution in [3.8, 4) is 0 Å². The van der Waals surface area contributed by atoms with Crippen LogP contribution < -0.4 is 10.9 Å². The molecule has 0 saturated carbocycles. The molecule has 1 amide bonds. The second-order valence-electron chi connectivity index (χ2n) is 6.38. The number of rotatable bonds is 7. The molecule has 1 atom stereocenters. The van der Waals surface area contributed by atoms with E-state index in [0.29, 0.717) is 10.9 Å². The maximum absolute atomic E-state index is 12.4. The van der Waals surface area contributed by atoms with Crippen LogP contribution in [0.25, 0.3) is 10.9 Å². The van der Waals surface area contributed by atoms with Gasteiger partial charge in [-0.25, -0.2) is 4.68 Å². The van der Waals surface area contributed by atoms with Crippen LogP contribution in [-0.4, -0.2) is 26.9 Å². The van der Waals surface area contributed by atoms with Crippen molar-refractivity contribution in [2.75, 3.05) is 0 Å². The molecule has 6 heteroatoms. The minimum atomic E-state index is -0.222. The normalized spacial score (nSPS) is 12.0. The Bertz CT molecular complexity index is 937. The highest BCUT2D eigenvalue weighted by Crippen LogP contribution is 2.05. The number of hydrogen-bond donors (Lipinski definition) is 1. The van der Waals surface area contributed by atoms with E-state index in [1.165, 1.54) is 10.2 Å². The first kappa shape index (κ1) is 17.8. The van der Waals surface area contributed by atoms with E-state index in [9.17, 15) is 9.59 Å². The van der Waals surface area contributed by atoms with Crippen molar-refractivity contribution in [1.29, 1.82) is 0 Å². The minimum Gasteiger partial charge on any atom is -0.354 e. The summed E-state index contributed by atoms with van der Waals surface area (Å²) >= 11 is 0. The first-order valence-corrected chi connectivity index (χ1v) is 8.79. The summed E-state index contributed by atoms with van der Waals surface area (Å²) in [4.78, 5) is 24.5. The fourth-order valence-electron chi connectivity index (χ4n) is 2.82. The van der Waals surface area contributed by atoms with E-state index in [0.717, 1.165) is 12.8 Å². The van der Waals surface area contributed by atoms with Crippen LogP contribution in [0.1, 0.15) is 25.3 Å². The SMILES string of the molecule is C[C@H](CCc1ccccc1)NC(=O)CCn1nnc2ccccc2c1=O. The van der Waals surface area contributed by atoms with Gasteiger partial charge in [-0.2, -0.15) is 0 Å². The van der Waals surface area contributed by atoms with Gasteiger partial charge < -0.3 is 5.32 Å². The molecule has 3 aromatic rings. The van der Waals surface area contributed by atoms with Gasteiger partial charge in [-0.1, -0.05) is 47.7 Å². The van der Waals surface area contributed by atoms with Crippen LogP contribution in [0.15, 0.2) is 59.4 Å². The summed E-state index contributed by atoms with van der Waals surface area (Å²) < 4.78 is 1.25. The first-order chi connectivity index (χ1) is 12.6. The maximum Gasteiger partial charge on any atom is 0.277 e.